The standard InChI is InChI=1S/C33H38OP2/c34-26-16-2-1-7-21-30(27-36(31-22-12-5-13-23-31)32-24-14-6-15-25-32)33(35,28-17-8-3-9-18-28)29-19-10-4-11-20-29/h3-6,8-15,17-20,22-25,30,34H,1-2,7,16,21,26-27,35H2. The van der Waals surface area contributed by atoms with Gasteiger partial charge in [0.1, 0.15) is 0 Å². The van der Waals surface area contributed by atoms with Crippen LogP contribution in [-0.2, 0) is 5.16 Å². The lowest BCUT2D eigenvalue weighted by molar-refractivity contribution is 0.281. The zero-order valence-corrected chi connectivity index (χ0v) is 23.1. The summed E-state index contributed by atoms with van der Waals surface area (Å²) in [6.07, 6.45) is 6.60. The minimum atomic E-state index is -0.516. The molecule has 3 heteroatoms. The lowest BCUT2D eigenvalue weighted by atomic mass is 9.78. The highest BCUT2D eigenvalue weighted by molar-refractivity contribution is 7.73. The molecule has 0 spiro atoms. The fourth-order valence-corrected chi connectivity index (χ4v) is 8.74. The molecule has 36 heavy (non-hydrogen) atoms. The van der Waals surface area contributed by atoms with Crippen molar-refractivity contribution in [3.63, 3.8) is 0 Å². The van der Waals surface area contributed by atoms with Gasteiger partial charge in [0.15, 0.2) is 0 Å². The van der Waals surface area contributed by atoms with Crippen molar-refractivity contribution in [3.8, 4) is 0 Å². The van der Waals surface area contributed by atoms with Crippen molar-refractivity contribution >= 4 is 27.8 Å². The van der Waals surface area contributed by atoms with Crippen LogP contribution in [0.3, 0.4) is 0 Å². The molecular formula is C33H38OP2. The van der Waals surface area contributed by atoms with E-state index >= 15 is 0 Å². The molecule has 0 aliphatic carbocycles. The van der Waals surface area contributed by atoms with E-state index in [4.69, 9.17) is 0 Å². The largest absolute Gasteiger partial charge is 0.396 e. The van der Waals surface area contributed by atoms with Crippen LogP contribution in [0.2, 0.25) is 0 Å². The Labute approximate surface area is 221 Å². The summed E-state index contributed by atoms with van der Waals surface area (Å²) in [5.41, 5.74) is 2.72. The molecule has 186 valence electrons. The number of unbranched alkanes of at least 4 members (excludes halogenated alkanes) is 3. The van der Waals surface area contributed by atoms with Crippen molar-refractivity contribution in [3.05, 3.63) is 132 Å². The van der Waals surface area contributed by atoms with Crippen LogP contribution in [0.5, 0.6) is 0 Å². The summed E-state index contributed by atoms with van der Waals surface area (Å²) in [5, 5.41) is 12.0. The lowest BCUT2D eigenvalue weighted by Gasteiger charge is -2.41. The molecule has 0 saturated carbocycles. The molecule has 2 atom stereocenters. The molecule has 0 saturated heterocycles. The van der Waals surface area contributed by atoms with Gasteiger partial charge in [-0.25, -0.2) is 0 Å². The molecule has 4 aromatic carbocycles. The van der Waals surface area contributed by atoms with E-state index in [1.54, 1.807) is 0 Å². The number of hydrogen-bond acceptors (Lipinski definition) is 1. The van der Waals surface area contributed by atoms with Crippen LogP contribution >= 0.6 is 17.2 Å². The van der Waals surface area contributed by atoms with Gasteiger partial charge in [-0.15, -0.1) is 9.24 Å². The van der Waals surface area contributed by atoms with Crippen molar-refractivity contribution in [2.75, 3.05) is 12.8 Å². The van der Waals surface area contributed by atoms with Gasteiger partial charge >= 0.3 is 0 Å². The SMILES string of the molecule is OCCCCCCC(CP(c1ccccc1)c1ccccc1)C(P)(c1ccccc1)c1ccccc1. The van der Waals surface area contributed by atoms with Crippen molar-refractivity contribution < 1.29 is 5.11 Å². The molecule has 1 nitrogen and oxygen atoms in total. The van der Waals surface area contributed by atoms with Crippen LogP contribution in [0.4, 0.5) is 0 Å². The maximum Gasteiger partial charge on any atom is 0.0431 e. The minimum absolute atomic E-state index is 0.177. The Hall–Kier alpha value is -2.30. The molecule has 0 aliphatic heterocycles. The second-order valence-electron chi connectivity index (χ2n) is 9.51. The van der Waals surface area contributed by atoms with Gasteiger partial charge in [0.25, 0.3) is 0 Å². The summed E-state index contributed by atoms with van der Waals surface area (Å²) in [6.45, 7) is 0.290. The molecule has 0 bridgehead atoms. The summed E-state index contributed by atoms with van der Waals surface area (Å²) in [6, 6.07) is 44.3. The fourth-order valence-electron chi connectivity index (χ4n) is 5.18. The Bertz CT molecular complexity index is 1050. The molecule has 4 aromatic rings. The van der Waals surface area contributed by atoms with Crippen LogP contribution in [-0.4, -0.2) is 17.9 Å². The fraction of sp³-hybridized carbons (Fsp3) is 0.273. The van der Waals surface area contributed by atoms with Crippen LogP contribution in [0.25, 0.3) is 0 Å². The average molecular weight is 513 g/mol. The van der Waals surface area contributed by atoms with Crippen molar-refractivity contribution in [1.82, 2.24) is 0 Å². The smallest absolute Gasteiger partial charge is 0.0431 e. The highest BCUT2D eigenvalue weighted by Gasteiger charge is 2.39. The van der Waals surface area contributed by atoms with Crippen molar-refractivity contribution in [1.29, 1.82) is 0 Å². The Morgan fingerprint density at radius 1 is 0.583 bits per heavy atom. The first kappa shape index (κ1) is 26.8. The quantitative estimate of drug-likeness (QED) is 0.145. The maximum absolute atomic E-state index is 9.27. The molecule has 0 aliphatic rings. The summed E-state index contributed by atoms with van der Waals surface area (Å²) in [7, 11) is 2.81. The van der Waals surface area contributed by atoms with Crippen LogP contribution in [0, 0.1) is 5.92 Å². The topological polar surface area (TPSA) is 20.2 Å². The van der Waals surface area contributed by atoms with Gasteiger partial charge in [-0.1, -0.05) is 141 Å². The van der Waals surface area contributed by atoms with E-state index in [1.165, 1.54) is 28.2 Å². The molecular weight excluding hydrogens is 474 g/mol. The molecule has 4 rings (SSSR count). The third-order valence-electron chi connectivity index (χ3n) is 7.15. The van der Waals surface area contributed by atoms with Gasteiger partial charge in [0, 0.05) is 11.8 Å². The van der Waals surface area contributed by atoms with E-state index in [9.17, 15) is 5.11 Å². The van der Waals surface area contributed by atoms with Crippen LogP contribution < -0.4 is 10.6 Å². The van der Waals surface area contributed by atoms with E-state index in [2.05, 4.69) is 131 Å². The molecule has 0 heterocycles. The number of aliphatic hydroxyl groups excluding tert-OH is 1. The second-order valence-corrected chi connectivity index (χ2v) is 12.7. The predicted octanol–water partition coefficient (Wildman–Crippen LogP) is 7.50. The van der Waals surface area contributed by atoms with Gasteiger partial charge in [0.05, 0.1) is 0 Å². The highest BCUT2D eigenvalue weighted by atomic mass is 31.1. The normalized spacial score (nSPS) is 12.5. The summed E-state index contributed by atoms with van der Waals surface area (Å²) >= 11 is 0. The van der Waals surface area contributed by atoms with Crippen LogP contribution in [0.1, 0.15) is 43.2 Å². The van der Waals surface area contributed by atoms with E-state index in [1.807, 2.05) is 0 Å². The summed E-state index contributed by atoms with van der Waals surface area (Å²) in [4.78, 5) is 0. The maximum atomic E-state index is 9.27. The van der Waals surface area contributed by atoms with Gasteiger partial charge in [0.2, 0.25) is 0 Å². The van der Waals surface area contributed by atoms with E-state index < -0.39 is 7.92 Å². The Balaban J connectivity index is 1.77. The first-order chi connectivity index (χ1) is 17.7. The Kier molecular flexibility index (Phi) is 10.3. The van der Waals surface area contributed by atoms with E-state index in [-0.39, 0.29) is 5.16 Å². The first-order valence-electron chi connectivity index (χ1n) is 13.1. The van der Waals surface area contributed by atoms with Gasteiger partial charge in [-0.05, 0) is 54.6 Å². The zero-order chi connectivity index (χ0) is 25.1. The number of rotatable bonds is 13. The van der Waals surface area contributed by atoms with Gasteiger partial charge in [-0.2, -0.15) is 0 Å². The molecule has 1 N–H and O–H groups in total. The summed E-state index contributed by atoms with van der Waals surface area (Å²) < 4.78 is 0. The zero-order valence-electron chi connectivity index (χ0n) is 21.0. The van der Waals surface area contributed by atoms with Crippen molar-refractivity contribution in [2.24, 2.45) is 5.92 Å². The number of hydrogen-bond donors (Lipinski definition) is 1. The predicted molar refractivity (Wildman–Crippen MR) is 161 cm³/mol. The molecule has 0 aromatic heterocycles. The summed E-state index contributed by atoms with van der Waals surface area (Å²) in [5.74, 6) is 0.438. The van der Waals surface area contributed by atoms with E-state index in [0.29, 0.717) is 12.5 Å². The average Bonchev–Trinajstić information content (AvgIpc) is 2.96. The van der Waals surface area contributed by atoms with Gasteiger partial charge < -0.3 is 5.11 Å². The van der Waals surface area contributed by atoms with E-state index in [0.717, 1.165) is 31.8 Å². The number of aliphatic hydroxyl groups is 1. The molecule has 0 amide bonds. The monoisotopic (exact) mass is 512 g/mol. The molecule has 0 radical (unpaired) electrons. The van der Waals surface area contributed by atoms with Crippen LogP contribution in [0.15, 0.2) is 121 Å². The lowest BCUT2D eigenvalue weighted by Crippen LogP contribution is -2.34. The first-order valence-corrected chi connectivity index (χ1v) is 15.2. The third-order valence-corrected chi connectivity index (χ3v) is 10.9. The molecule has 2 unspecified atom stereocenters. The minimum Gasteiger partial charge on any atom is -0.396 e. The molecule has 0 fully saturated rings. The number of benzene rings is 4. The van der Waals surface area contributed by atoms with Gasteiger partial charge in [-0.3, -0.25) is 0 Å². The van der Waals surface area contributed by atoms with Crippen molar-refractivity contribution in [2.45, 2.75) is 37.3 Å². The highest BCUT2D eigenvalue weighted by Crippen LogP contribution is 2.51. The third kappa shape index (κ3) is 6.72. The Morgan fingerprint density at radius 3 is 1.44 bits per heavy atom. The Morgan fingerprint density at radius 2 is 1.00 bits per heavy atom. The second kappa shape index (κ2) is 13.9.